The van der Waals surface area contributed by atoms with Crippen LogP contribution in [0.4, 0.5) is 0 Å². The van der Waals surface area contributed by atoms with Gasteiger partial charge >= 0.3 is 0 Å². The third-order valence-corrected chi connectivity index (χ3v) is 5.16. The van der Waals surface area contributed by atoms with Gasteiger partial charge in [-0.3, -0.25) is 4.68 Å². The SMILES string of the molecule is CC1CCC(CNC2CCCc3c2cnn3C)CC1. The van der Waals surface area contributed by atoms with Crippen molar-refractivity contribution in [3.63, 3.8) is 0 Å². The van der Waals surface area contributed by atoms with E-state index < -0.39 is 0 Å². The zero-order chi connectivity index (χ0) is 13.2. The van der Waals surface area contributed by atoms with E-state index in [9.17, 15) is 0 Å². The molecule has 0 radical (unpaired) electrons. The number of fused-ring (bicyclic) bond motifs is 1. The first kappa shape index (κ1) is 13.2. The minimum atomic E-state index is 0.553. The summed E-state index contributed by atoms with van der Waals surface area (Å²) in [4.78, 5) is 0. The van der Waals surface area contributed by atoms with E-state index in [-0.39, 0.29) is 0 Å². The van der Waals surface area contributed by atoms with Crippen LogP contribution in [-0.4, -0.2) is 16.3 Å². The molecule has 2 aliphatic rings. The summed E-state index contributed by atoms with van der Waals surface area (Å²) in [5, 5.41) is 8.25. The molecule has 1 aromatic heterocycles. The lowest BCUT2D eigenvalue weighted by Crippen LogP contribution is -2.31. The first-order valence-electron chi connectivity index (χ1n) is 7.98. The number of nitrogens with zero attached hydrogens (tertiary/aromatic N) is 2. The molecule has 19 heavy (non-hydrogen) atoms. The van der Waals surface area contributed by atoms with Crippen molar-refractivity contribution in [2.24, 2.45) is 18.9 Å². The molecule has 1 saturated carbocycles. The second kappa shape index (κ2) is 5.66. The average molecular weight is 261 g/mol. The normalized spacial score (nSPS) is 31.2. The van der Waals surface area contributed by atoms with Gasteiger partial charge in [0.25, 0.3) is 0 Å². The lowest BCUT2D eigenvalue weighted by Gasteiger charge is -2.30. The van der Waals surface area contributed by atoms with Crippen LogP contribution in [0.15, 0.2) is 6.20 Å². The molecule has 106 valence electrons. The zero-order valence-corrected chi connectivity index (χ0v) is 12.4. The Morgan fingerprint density at radius 2 is 2.05 bits per heavy atom. The number of rotatable bonds is 3. The molecule has 0 aliphatic heterocycles. The Morgan fingerprint density at radius 3 is 2.84 bits per heavy atom. The summed E-state index contributed by atoms with van der Waals surface area (Å²) in [5.74, 6) is 1.86. The van der Waals surface area contributed by atoms with Crippen LogP contribution < -0.4 is 5.32 Å². The van der Waals surface area contributed by atoms with Crippen molar-refractivity contribution in [3.05, 3.63) is 17.5 Å². The minimum absolute atomic E-state index is 0.553. The highest BCUT2D eigenvalue weighted by Gasteiger charge is 2.24. The number of hydrogen-bond donors (Lipinski definition) is 1. The molecule has 1 aromatic rings. The van der Waals surface area contributed by atoms with Crippen LogP contribution in [0.3, 0.4) is 0 Å². The summed E-state index contributed by atoms with van der Waals surface area (Å²) < 4.78 is 2.06. The summed E-state index contributed by atoms with van der Waals surface area (Å²) in [6.07, 6.45) is 11.5. The predicted octanol–water partition coefficient (Wildman–Crippen LogP) is 3.21. The van der Waals surface area contributed by atoms with Crippen LogP contribution in [0.25, 0.3) is 0 Å². The summed E-state index contributed by atoms with van der Waals surface area (Å²) in [5.41, 5.74) is 2.90. The van der Waals surface area contributed by atoms with E-state index in [2.05, 4.69) is 35.3 Å². The molecular formula is C16H27N3. The third-order valence-electron chi connectivity index (χ3n) is 5.16. The van der Waals surface area contributed by atoms with Crippen LogP contribution in [-0.2, 0) is 13.5 Å². The molecule has 3 heteroatoms. The van der Waals surface area contributed by atoms with E-state index in [1.54, 1.807) is 0 Å². The Kier molecular flexibility index (Phi) is 3.92. The Labute approximate surface area is 116 Å². The van der Waals surface area contributed by atoms with Gasteiger partial charge in [-0.05, 0) is 50.5 Å². The van der Waals surface area contributed by atoms with Gasteiger partial charge in [-0.15, -0.1) is 0 Å². The van der Waals surface area contributed by atoms with Gasteiger partial charge in [0.2, 0.25) is 0 Å². The van der Waals surface area contributed by atoms with E-state index in [0.29, 0.717) is 6.04 Å². The van der Waals surface area contributed by atoms with Gasteiger partial charge in [0.05, 0.1) is 6.20 Å². The second-order valence-electron chi connectivity index (χ2n) is 6.65. The molecule has 1 fully saturated rings. The molecule has 0 aromatic carbocycles. The summed E-state index contributed by atoms with van der Waals surface area (Å²) >= 11 is 0. The monoisotopic (exact) mass is 261 g/mol. The highest BCUT2D eigenvalue weighted by atomic mass is 15.3. The molecule has 1 heterocycles. The summed E-state index contributed by atoms with van der Waals surface area (Å²) in [7, 11) is 2.07. The van der Waals surface area contributed by atoms with Crippen molar-refractivity contribution in [2.45, 2.75) is 57.9 Å². The Hall–Kier alpha value is -0.830. The Morgan fingerprint density at radius 1 is 1.26 bits per heavy atom. The van der Waals surface area contributed by atoms with Crippen LogP contribution in [0.5, 0.6) is 0 Å². The highest BCUT2D eigenvalue weighted by molar-refractivity contribution is 5.24. The van der Waals surface area contributed by atoms with Crippen molar-refractivity contribution in [2.75, 3.05) is 6.54 Å². The van der Waals surface area contributed by atoms with Crippen molar-refractivity contribution >= 4 is 0 Å². The minimum Gasteiger partial charge on any atom is -0.310 e. The van der Waals surface area contributed by atoms with E-state index >= 15 is 0 Å². The van der Waals surface area contributed by atoms with Gasteiger partial charge in [-0.1, -0.05) is 19.8 Å². The van der Waals surface area contributed by atoms with Crippen LogP contribution in [0.1, 0.15) is 62.7 Å². The van der Waals surface area contributed by atoms with Crippen LogP contribution in [0.2, 0.25) is 0 Å². The first-order valence-corrected chi connectivity index (χ1v) is 7.98. The van der Waals surface area contributed by atoms with Crippen molar-refractivity contribution < 1.29 is 0 Å². The molecule has 3 nitrogen and oxygen atoms in total. The van der Waals surface area contributed by atoms with E-state index in [0.717, 1.165) is 11.8 Å². The fourth-order valence-electron chi connectivity index (χ4n) is 3.76. The van der Waals surface area contributed by atoms with Crippen molar-refractivity contribution in [1.29, 1.82) is 0 Å². The van der Waals surface area contributed by atoms with E-state index in [1.165, 1.54) is 62.7 Å². The number of nitrogens with one attached hydrogen (secondary N) is 1. The van der Waals surface area contributed by atoms with E-state index in [4.69, 9.17) is 0 Å². The predicted molar refractivity (Wildman–Crippen MR) is 78.0 cm³/mol. The third kappa shape index (κ3) is 2.86. The van der Waals surface area contributed by atoms with Crippen molar-refractivity contribution in [3.8, 4) is 0 Å². The number of aryl methyl sites for hydroxylation is 1. The van der Waals surface area contributed by atoms with Crippen LogP contribution >= 0.6 is 0 Å². The summed E-state index contributed by atoms with van der Waals surface area (Å²) in [6, 6.07) is 0.553. The topological polar surface area (TPSA) is 29.9 Å². The average Bonchev–Trinajstić information content (AvgIpc) is 2.81. The quantitative estimate of drug-likeness (QED) is 0.905. The first-order chi connectivity index (χ1) is 9.24. The molecular weight excluding hydrogens is 234 g/mol. The molecule has 3 rings (SSSR count). The maximum absolute atomic E-state index is 4.43. The smallest absolute Gasteiger partial charge is 0.0540 e. The molecule has 0 amide bonds. The molecule has 0 bridgehead atoms. The molecule has 2 aliphatic carbocycles. The van der Waals surface area contributed by atoms with Gasteiger partial charge in [-0.25, -0.2) is 0 Å². The van der Waals surface area contributed by atoms with E-state index in [1.807, 2.05) is 0 Å². The molecule has 1 unspecified atom stereocenters. The fourth-order valence-corrected chi connectivity index (χ4v) is 3.76. The zero-order valence-electron chi connectivity index (χ0n) is 12.4. The van der Waals surface area contributed by atoms with Gasteiger partial charge < -0.3 is 5.32 Å². The largest absolute Gasteiger partial charge is 0.310 e. The highest BCUT2D eigenvalue weighted by Crippen LogP contribution is 2.31. The Bertz CT molecular complexity index is 416. The molecule has 1 atom stereocenters. The van der Waals surface area contributed by atoms with Gasteiger partial charge in [0, 0.05) is 24.3 Å². The fraction of sp³-hybridized carbons (Fsp3) is 0.812. The maximum atomic E-state index is 4.43. The molecule has 0 saturated heterocycles. The van der Waals surface area contributed by atoms with Crippen molar-refractivity contribution in [1.82, 2.24) is 15.1 Å². The van der Waals surface area contributed by atoms with Gasteiger partial charge in [-0.2, -0.15) is 5.10 Å². The molecule has 0 spiro atoms. The standard InChI is InChI=1S/C16H27N3/c1-12-6-8-13(9-7-12)10-17-15-4-3-5-16-14(15)11-18-19(16)2/h11-13,15,17H,3-10H2,1-2H3. The van der Waals surface area contributed by atoms with Gasteiger partial charge in [0.15, 0.2) is 0 Å². The van der Waals surface area contributed by atoms with Crippen LogP contribution in [0, 0.1) is 11.8 Å². The lowest BCUT2D eigenvalue weighted by atomic mass is 9.82. The molecule has 1 N–H and O–H groups in total. The number of aromatic nitrogens is 2. The maximum Gasteiger partial charge on any atom is 0.0540 e. The lowest BCUT2D eigenvalue weighted by molar-refractivity contribution is 0.270. The second-order valence-corrected chi connectivity index (χ2v) is 6.65. The van der Waals surface area contributed by atoms with Gasteiger partial charge in [0.1, 0.15) is 0 Å². The summed E-state index contributed by atoms with van der Waals surface area (Å²) in [6.45, 7) is 3.60. The number of hydrogen-bond acceptors (Lipinski definition) is 2. The Balaban J connectivity index is 1.56.